The number of aromatic nitrogens is 1. The molecule has 1 aromatic heterocycles. The fourth-order valence-corrected chi connectivity index (χ4v) is 2.64. The Bertz CT molecular complexity index is 630. The molecule has 20 heavy (non-hydrogen) atoms. The molecule has 2 aromatic rings. The van der Waals surface area contributed by atoms with Gasteiger partial charge in [0.2, 0.25) is 0 Å². The van der Waals surface area contributed by atoms with Gasteiger partial charge in [0.05, 0.1) is 24.6 Å². The summed E-state index contributed by atoms with van der Waals surface area (Å²) >= 11 is 3.47. The fraction of sp³-hybridized carbons (Fsp3) is 0.333. The number of nitrogens with zero attached hydrogens (tertiary/aromatic N) is 1. The van der Waals surface area contributed by atoms with Gasteiger partial charge in [-0.15, -0.1) is 0 Å². The lowest BCUT2D eigenvalue weighted by Gasteiger charge is -2.16. The topological polar surface area (TPSA) is 59.4 Å². The summed E-state index contributed by atoms with van der Waals surface area (Å²) in [5.74, 6) is -0.684. The van der Waals surface area contributed by atoms with Crippen molar-refractivity contribution in [3.8, 4) is 0 Å². The van der Waals surface area contributed by atoms with E-state index in [0.29, 0.717) is 6.42 Å². The molecule has 2 unspecified atom stereocenters. The van der Waals surface area contributed by atoms with Gasteiger partial charge in [-0.1, -0.05) is 35.0 Å². The molecule has 0 radical (unpaired) electrons. The number of aliphatic hydroxyl groups is 1. The van der Waals surface area contributed by atoms with Gasteiger partial charge in [-0.3, -0.25) is 9.78 Å². The Hall–Kier alpha value is -1.46. The molecule has 0 saturated carbocycles. The predicted molar refractivity (Wildman–Crippen MR) is 80.2 cm³/mol. The molecule has 2 atom stereocenters. The zero-order valence-electron chi connectivity index (χ0n) is 11.3. The van der Waals surface area contributed by atoms with Gasteiger partial charge in [0.15, 0.2) is 0 Å². The first kappa shape index (κ1) is 14.9. The van der Waals surface area contributed by atoms with Crippen molar-refractivity contribution in [1.29, 1.82) is 0 Å². The minimum Gasteiger partial charge on any atom is -0.469 e. The SMILES string of the molecule is COC(=O)C(C)CC(O)c1ccc(Br)c2cccnc12. The lowest BCUT2D eigenvalue weighted by molar-refractivity contribution is -0.145. The van der Waals surface area contributed by atoms with Crippen LogP contribution in [0.25, 0.3) is 10.9 Å². The van der Waals surface area contributed by atoms with Gasteiger partial charge in [-0.25, -0.2) is 0 Å². The number of pyridine rings is 1. The highest BCUT2D eigenvalue weighted by atomic mass is 79.9. The molecule has 0 aliphatic rings. The number of hydrogen-bond donors (Lipinski definition) is 1. The highest BCUT2D eigenvalue weighted by molar-refractivity contribution is 9.10. The lowest BCUT2D eigenvalue weighted by Crippen LogP contribution is -2.16. The fourth-order valence-electron chi connectivity index (χ4n) is 2.19. The van der Waals surface area contributed by atoms with Crippen LogP contribution >= 0.6 is 15.9 Å². The number of carbonyl (C=O) groups excluding carboxylic acids is 1. The molecule has 0 bridgehead atoms. The number of halogens is 1. The van der Waals surface area contributed by atoms with E-state index < -0.39 is 6.10 Å². The smallest absolute Gasteiger partial charge is 0.308 e. The summed E-state index contributed by atoms with van der Waals surface area (Å²) in [6, 6.07) is 7.49. The molecule has 0 aliphatic carbocycles. The van der Waals surface area contributed by atoms with Crippen molar-refractivity contribution in [2.75, 3.05) is 7.11 Å². The van der Waals surface area contributed by atoms with Crippen LogP contribution in [0.2, 0.25) is 0 Å². The van der Waals surface area contributed by atoms with E-state index in [-0.39, 0.29) is 11.9 Å². The quantitative estimate of drug-likeness (QED) is 0.870. The van der Waals surface area contributed by atoms with E-state index in [2.05, 4.69) is 25.7 Å². The highest BCUT2D eigenvalue weighted by Crippen LogP contribution is 2.31. The Balaban J connectivity index is 2.33. The zero-order chi connectivity index (χ0) is 14.7. The van der Waals surface area contributed by atoms with E-state index in [1.54, 1.807) is 13.1 Å². The molecule has 0 amide bonds. The van der Waals surface area contributed by atoms with Crippen LogP contribution in [0, 0.1) is 5.92 Å². The lowest BCUT2D eigenvalue weighted by atomic mass is 9.96. The minimum atomic E-state index is -0.755. The van der Waals surface area contributed by atoms with Gasteiger partial charge >= 0.3 is 5.97 Å². The average Bonchev–Trinajstić information content (AvgIpc) is 2.46. The van der Waals surface area contributed by atoms with Crippen molar-refractivity contribution in [2.45, 2.75) is 19.4 Å². The summed E-state index contributed by atoms with van der Waals surface area (Å²) < 4.78 is 5.61. The number of ether oxygens (including phenoxy) is 1. The monoisotopic (exact) mass is 337 g/mol. The summed E-state index contributed by atoms with van der Waals surface area (Å²) in [5.41, 5.74) is 1.46. The third-order valence-electron chi connectivity index (χ3n) is 3.29. The maximum Gasteiger partial charge on any atom is 0.308 e. The van der Waals surface area contributed by atoms with Crippen molar-refractivity contribution in [2.24, 2.45) is 5.92 Å². The molecule has 1 N–H and O–H groups in total. The molecule has 0 saturated heterocycles. The van der Waals surface area contributed by atoms with Gasteiger partial charge in [0.25, 0.3) is 0 Å². The molecule has 5 heteroatoms. The maximum absolute atomic E-state index is 11.4. The number of rotatable bonds is 4. The van der Waals surface area contributed by atoms with Gasteiger partial charge in [-0.05, 0) is 18.6 Å². The number of benzene rings is 1. The van der Waals surface area contributed by atoms with Crippen LogP contribution in [0.15, 0.2) is 34.9 Å². The number of fused-ring (bicyclic) bond motifs is 1. The van der Waals surface area contributed by atoms with Crippen molar-refractivity contribution in [3.63, 3.8) is 0 Å². The maximum atomic E-state index is 11.4. The molecular weight excluding hydrogens is 322 g/mol. The van der Waals surface area contributed by atoms with Crippen LogP contribution in [-0.2, 0) is 9.53 Å². The summed E-state index contributed by atoms with van der Waals surface area (Å²) in [4.78, 5) is 15.8. The van der Waals surface area contributed by atoms with Gasteiger partial charge < -0.3 is 9.84 Å². The molecule has 1 aromatic carbocycles. The van der Waals surface area contributed by atoms with E-state index in [1.165, 1.54) is 7.11 Å². The average molecular weight is 338 g/mol. The van der Waals surface area contributed by atoms with Gasteiger partial charge in [0, 0.05) is 21.6 Å². The van der Waals surface area contributed by atoms with Gasteiger partial charge in [0.1, 0.15) is 0 Å². The van der Waals surface area contributed by atoms with Crippen molar-refractivity contribution < 1.29 is 14.6 Å². The van der Waals surface area contributed by atoms with Crippen LogP contribution in [0.3, 0.4) is 0 Å². The van der Waals surface area contributed by atoms with Crippen LogP contribution in [-0.4, -0.2) is 23.2 Å². The third-order valence-corrected chi connectivity index (χ3v) is 3.98. The summed E-state index contributed by atoms with van der Waals surface area (Å²) in [5, 5.41) is 11.3. The Morgan fingerprint density at radius 3 is 2.90 bits per heavy atom. The summed E-state index contributed by atoms with van der Waals surface area (Å²) in [6.45, 7) is 1.74. The van der Waals surface area contributed by atoms with E-state index in [1.807, 2.05) is 24.3 Å². The van der Waals surface area contributed by atoms with Crippen LogP contribution in [0.1, 0.15) is 25.0 Å². The van der Waals surface area contributed by atoms with E-state index in [0.717, 1.165) is 20.9 Å². The summed E-state index contributed by atoms with van der Waals surface area (Å²) in [7, 11) is 1.35. The second kappa shape index (κ2) is 6.33. The Morgan fingerprint density at radius 2 is 2.20 bits per heavy atom. The normalized spacial score (nSPS) is 14.0. The molecule has 0 aliphatic heterocycles. The number of aliphatic hydroxyl groups excluding tert-OH is 1. The second-order valence-electron chi connectivity index (χ2n) is 4.71. The van der Waals surface area contributed by atoms with Crippen LogP contribution in [0.5, 0.6) is 0 Å². The predicted octanol–water partition coefficient (Wildman–Crippen LogP) is 3.23. The molecule has 106 valence electrons. The zero-order valence-corrected chi connectivity index (χ0v) is 12.9. The van der Waals surface area contributed by atoms with Crippen LogP contribution < -0.4 is 0 Å². The van der Waals surface area contributed by atoms with E-state index in [9.17, 15) is 9.90 Å². The third kappa shape index (κ3) is 2.99. The molecule has 1 heterocycles. The van der Waals surface area contributed by atoms with Crippen molar-refractivity contribution in [3.05, 3.63) is 40.5 Å². The van der Waals surface area contributed by atoms with Gasteiger partial charge in [-0.2, -0.15) is 0 Å². The molecule has 4 nitrogen and oxygen atoms in total. The highest BCUT2D eigenvalue weighted by Gasteiger charge is 2.21. The standard InChI is InChI=1S/C15H16BrNO3/c1-9(15(19)20-2)8-13(18)11-5-6-12(16)10-4-3-7-17-14(10)11/h3-7,9,13,18H,8H2,1-2H3. The van der Waals surface area contributed by atoms with E-state index in [4.69, 9.17) is 0 Å². The second-order valence-corrected chi connectivity index (χ2v) is 5.57. The molecular formula is C15H16BrNO3. The number of hydrogen-bond acceptors (Lipinski definition) is 4. The molecule has 0 spiro atoms. The first-order valence-electron chi connectivity index (χ1n) is 6.33. The number of methoxy groups -OCH3 is 1. The Labute approximate surface area is 125 Å². The largest absolute Gasteiger partial charge is 0.469 e. The van der Waals surface area contributed by atoms with Crippen molar-refractivity contribution >= 4 is 32.8 Å². The summed E-state index contributed by atoms with van der Waals surface area (Å²) in [6.07, 6.45) is 1.24. The Morgan fingerprint density at radius 1 is 1.45 bits per heavy atom. The molecule has 2 rings (SSSR count). The Kier molecular flexibility index (Phi) is 4.73. The number of carbonyl (C=O) groups is 1. The first-order chi connectivity index (χ1) is 9.54. The van der Waals surface area contributed by atoms with Crippen LogP contribution in [0.4, 0.5) is 0 Å². The number of esters is 1. The van der Waals surface area contributed by atoms with E-state index >= 15 is 0 Å². The molecule has 0 fully saturated rings. The minimum absolute atomic E-state index is 0.306. The van der Waals surface area contributed by atoms with Crippen molar-refractivity contribution in [1.82, 2.24) is 4.98 Å². The first-order valence-corrected chi connectivity index (χ1v) is 7.13.